The van der Waals surface area contributed by atoms with E-state index in [1.165, 1.54) is 0 Å². The van der Waals surface area contributed by atoms with Gasteiger partial charge in [0.1, 0.15) is 11.3 Å². The molecule has 0 bridgehead atoms. The normalized spacial score (nSPS) is 19.2. The molecule has 2 heterocycles. The maximum absolute atomic E-state index is 10.6. The van der Waals surface area contributed by atoms with Gasteiger partial charge in [-0.05, 0) is 31.7 Å². The summed E-state index contributed by atoms with van der Waals surface area (Å²) >= 11 is 0. The number of aryl methyl sites for hydroxylation is 1. The van der Waals surface area contributed by atoms with Crippen LogP contribution in [0.1, 0.15) is 30.3 Å². The van der Waals surface area contributed by atoms with Crippen molar-refractivity contribution in [3.8, 4) is 0 Å². The van der Waals surface area contributed by atoms with E-state index >= 15 is 0 Å². The summed E-state index contributed by atoms with van der Waals surface area (Å²) in [5.41, 5.74) is 1.81. The zero-order valence-electron chi connectivity index (χ0n) is 10.6. The Morgan fingerprint density at radius 3 is 2.72 bits per heavy atom. The molecule has 3 nitrogen and oxygen atoms in total. The fraction of sp³-hybridized carbons (Fsp3) is 0.467. The van der Waals surface area contributed by atoms with Crippen molar-refractivity contribution in [1.82, 2.24) is 0 Å². The first-order valence-corrected chi connectivity index (χ1v) is 6.51. The Balaban J connectivity index is 1.99. The molecule has 1 aliphatic rings. The van der Waals surface area contributed by atoms with Crippen LogP contribution in [-0.4, -0.2) is 18.3 Å². The van der Waals surface area contributed by atoms with E-state index in [9.17, 15) is 5.11 Å². The highest BCUT2D eigenvalue weighted by atomic mass is 16.5. The van der Waals surface area contributed by atoms with Crippen LogP contribution in [0.15, 0.2) is 28.7 Å². The highest BCUT2D eigenvalue weighted by molar-refractivity contribution is 5.82. The first-order valence-electron chi connectivity index (χ1n) is 6.51. The molecule has 0 radical (unpaired) electrons. The van der Waals surface area contributed by atoms with Crippen LogP contribution in [0.4, 0.5) is 0 Å². The van der Waals surface area contributed by atoms with Crippen LogP contribution in [0.3, 0.4) is 0 Å². The lowest BCUT2D eigenvalue weighted by atomic mass is 9.88. The van der Waals surface area contributed by atoms with Gasteiger partial charge in [0, 0.05) is 24.2 Å². The summed E-state index contributed by atoms with van der Waals surface area (Å²) in [6.45, 7) is 3.42. The summed E-state index contributed by atoms with van der Waals surface area (Å²) < 4.78 is 11.1. The average molecular weight is 246 g/mol. The van der Waals surface area contributed by atoms with Gasteiger partial charge in [0.15, 0.2) is 0 Å². The van der Waals surface area contributed by atoms with Crippen molar-refractivity contribution in [2.24, 2.45) is 5.92 Å². The summed E-state index contributed by atoms with van der Waals surface area (Å²) in [7, 11) is 0. The summed E-state index contributed by atoms with van der Waals surface area (Å²) in [5.74, 6) is 1.11. The summed E-state index contributed by atoms with van der Waals surface area (Å²) in [6.07, 6.45) is 1.39. The fourth-order valence-corrected chi connectivity index (χ4v) is 2.82. The van der Waals surface area contributed by atoms with E-state index in [1.807, 2.05) is 31.2 Å². The van der Waals surface area contributed by atoms with E-state index in [0.717, 1.165) is 48.3 Å². The summed E-state index contributed by atoms with van der Waals surface area (Å²) in [4.78, 5) is 0. The van der Waals surface area contributed by atoms with Crippen LogP contribution >= 0.6 is 0 Å². The molecule has 96 valence electrons. The number of rotatable bonds is 2. The van der Waals surface area contributed by atoms with Gasteiger partial charge in [0.05, 0.1) is 6.10 Å². The number of aliphatic hydroxyl groups excluding tert-OH is 1. The molecular weight excluding hydrogens is 228 g/mol. The minimum atomic E-state index is -0.447. The van der Waals surface area contributed by atoms with Gasteiger partial charge in [0.25, 0.3) is 0 Å². The number of benzene rings is 1. The van der Waals surface area contributed by atoms with Gasteiger partial charge in [-0.2, -0.15) is 0 Å². The quantitative estimate of drug-likeness (QED) is 0.884. The predicted molar refractivity (Wildman–Crippen MR) is 69.5 cm³/mol. The molecule has 3 rings (SSSR count). The molecule has 2 aromatic rings. The van der Waals surface area contributed by atoms with Crippen LogP contribution in [0.25, 0.3) is 11.0 Å². The zero-order valence-corrected chi connectivity index (χ0v) is 10.6. The number of fused-ring (bicyclic) bond motifs is 1. The minimum Gasteiger partial charge on any atom is -0.461 e. The molecular formula is C15H18O3. The Labute approximate surface area is 106 Å². The Morgan fingerprint density at radius 2 is 1.94 bits per heavy atom. The Morgan fingerprint density at radius 1 is 1.22 bits per heavy atom. The third-order valence-electron chi connectivity index (χ3n) is 3.83. The maximum atomic E-state index is 10.6. The van der Waals surface area contributed by atoms with Gasteiger partial charge >= 0.3 is 0 Å². The van der Waals surface area contributed by atoms with Crippen molar-refractivity contribution < 1.29 is 14.3 Å². The molecule has 1 N–H and O–H groups in total. The van der Waals surface area contributed by atoms with Crippen LogP contribution in [-0.2, 0) is 4.74 Å². The van der Waals surface area contributed by atoms with E-state index in [-0.39, 0.29) is 5.92 Å². The SMILES string of the molecule is Cc1oc2ccccc2c1C(O)C1CCOCC1. The van der Waals surface area contributed by atoms with Crippen LogP contribution in [0, 0.1) is 12.8 Å². The first-order chi connectivity index (χ1) is 8.77. The minimum absolute atomic E-state index is 0.276. The maximum Gasteiger partial charge on any atom is 0.134 e. The van der Waals surface area contributed by atoms with Crippen molar-refractivity contribution in [2.45, 2.75) is 25.9 Å². The topological polar surface area (TPSA) is 42.6 Å². The van der Waals surface area contributed by atoms with Gasteiger partial charge in [-0.15, -0.1) is 0 Å². The van der Waals surface area contributed by atoms with Gasteiger partial charge in [0.2, 0.25) is 0 Å². The highest BCUT2D eigenvalue weighted by Crippen LogP contribution is 2.37. The second-order valence-corrected chi connectivity index (χ2v) is 4.96. The van der Waals surface area contributed by atoms with Crippen molar-refractivity contribution in [1.29, 1.82) is 0 Å². The monoisotopic (exact) mass is 246 g/mol. The third kappa shape index (κ3) is 1.93. The van der Waals surface area contributed by atoms with Gasteiger partial charge in [-0.25, -0.2) is 0 Å². The third-order valence-corrected chi connectivity index (χ3v) is 3.83. The first kappa shape index (κ1) is 11.8. The average Bonchev–Trinajstić information content (AvgIpc) is 2.75. The molecule has 18 heavy (non-hydrogen) atoms. The number of hydrogen-bond donors (Lipinski definition) is 1. The van der Waals surface area contributed by atoms with Gasteiger partial charge < -0.3 is 14.3 Å². The molecule has 0 saturated carbocycles. The van der Waals surface area contributed by atoms with E-state index in [4.69, 9.17) is 9.15 Å². The second-order valence-electron chi connectivity index (χ2n) is 4.96. The smallest absolute Gasteiger partial charge is 0.134 e. The Hall–Kier alpha value is -1.32. The largest absolute Gasteiger partial charge is 0.461 e. The highest BCUT2D eigenvalue weighted by Gasteiger charge is 2.27. The van der Waals surface area contributed by atoms with Gasteiger partial charge in [-0.3, -0.25) is 0 Å². The van der Waals surface area contributed by atoms with Crippen LogP contribution < -0.4 is 0 Å². The molecule has 0 aliphatic carbocycles. The number of hydrogen-bond acceptors (Lipinski definition) is 3. The van der Waals surface area contributed by atoms with Crippen molar-refractivity contribution in [3.63, 3.8) is 0 Å². The van der Waals surface area contributed by atoms with Crippen LogP contribution in [0.5, 0.6) is 0 Å². The molecule has 1 fully saturated rings. The molecule has 1 aromatic carbocycles. The number of furan rings is 1. The lowest BCUT2D eigenvalue weighted by molar-refractivity contribution is 0.00714. The van der Waals surface area contributed by atoms with Crippen LogP contribution in [0.2, 0.25) is 0 Å². The van der Waals surface area contributed by atoms with E-state index in [1.54, 1.807) is 0 Å². The summed E-state index contributed by atoms with van der Waals surface area (Å²) in [5, 5.41) is 11.6. The second kappa shape index (κ2) is 4.75. The van der Waals surface area contributed by atoms with Gasteiger partial charge in [-0.1, -0.05) is 18.2 Å². The number of para-hydroxylation sites is 1. The lowest BCUT2D eigenvalue weighted by Gasteiger charge is -2.26. The number of ether oxygens (including phenoxy) is 1. The zero-order chi connectivity index (χ0) is 12.5. The van der Waals surface area contributed by atoms with E-state index in [2.05, 4.69) is 0 Å². The van der Waals surface area contributed by atoms with E-state index in [0.29, 0.717) is 0 Å². The number of aliphatic hydroxyl groups is 1. The Kier molecular flexibility index (Phi) is 3.10. The van der Waals surface area contributed by atoms with Crippen molar-refractivity contribution in [2.75, 3.05) is 13.2 Å². The molecule has 3 heteroatoms. The Bertz CT molecular complexity index is 538. The van der Waals surface area contributed by atoms with Crippen molar-refractivity contribution in [3.05, 3.63) is 35.6 Å². The molecule has 1 unspecified atom stereocenters. The van der Waals surface area contributed by atoms with Crippen molar-refractivity contribution >= 4 is 11.0 Å². The lowest BCUT2D eigenvalue weighted by Crippen LogP contribution is -2.22. The molecule has 1 aliphatic heterocycles. The van der Waals surface area contributed by atoms with E-state index < -0.39 is 6.10 Å². The predicted octanol–water partition coefficient (Wildman–Crippen LogP) is 3.20. The standard InChI is InChI=1S/C15H18O3/c1-10-14(12-4-2-3-5-13(12)18-10)15(16)11-6-8-17-9-7-11/h2-5,11,15-16H,6-9H2,1H3. The molecule has 1 aromatic heterocycles. The summed E-state index contributed by atoms with van der Waals surface area (Å²) in [6, 6.07) is 7.90. The molecule has 1 atom stereocenters. The molecule has 1 saturated heterocycles. The molecule has 0 amide bonds. The molecule has 0 spiro atoms. The fourth-order valence-electron chi connectivity index (χ4n) is 2.82.